The van der Waals surface area contributed by atoms with Gasteiger partial charge in [0, 0.05) is 50.1 Å². The molecule has 0 spiro atoms. The van der Waals surface area contributed by atoms with Crippen molar-refractivity contribution < 1.29 is 19.5 Å². The fourth-order valence-corrected chi connectivity index (χ4v) is 3.92. The van der Waals surface area contributed by atoms with E-state index in [4.69, 9.17) is 0 Å². The molecule has 7 heteroatoms. The highest BCUT2D eigenvalue weighted by Crippen LogP contribution is 2.37. The van der Waals surface area contributed by atoms with E-state index in [1.165, 1.54) is 0 Å². The number of aliphatic hydroxyl groups is 1. The lowest BCUT2D eigenvalue weighted by Crippen LogP contribution is -2.51. The van der Waals surface area contributed by atoms with Crippen LogP contribution in [0.2, 0.25) is 0 Å². The highest BCUT2D eigenvalue weighted by molar-refractivity contribution is 6.00. The maximum atomic E-state index is 12.1. The predicted octanol–water partition coefficient (Wildman–Crippen LogP) is 0.468. The van der Waals surface area contributed by atoms with Crippen LogP contribution in [0.4, 0.5) is 5.69 Å². The second-order valence-electron chi connectivity index (χ2n) is 6.92. The van der Waals surface area contributed by atoms with Crippen molar-refractivity contribution in [1.82, 2.24) is 10.2 Å². The Morgan fingerprint density at radius 3 is 2.56 bits per heavy atom. The number of carbonyl (C=O) groups is 3. The molecule has 1 aromatic rings. The van der Waals surface area contributed by atoms with Crippen LogP contribution in [0.5, 0.6) is 0 Å². The zero-order valence-electron chi connectivity index (χ0n) is 13.9. The largest absolute Gasteiger partial charge is 0.374 e. The van der Waals surface area contributed by atoms with Crippen molar-refractivity contribution in [2.45, 2.75) is 44.5 Å². The van der Waals surface area contributed by atoms with Gasteiger partial charge in [0.25, 0.3) is 0 Å². The summed E-state index contributed by atoms with van der Waals surface area (Å²) < 4.78 is 0. The molecular weight excluding hydrogens is 322 g/mol. The molecule has 0 aliphatic carbocycles. The Kier molecular flexibility index (Phi) is 4.05. The SMILES string of the molecule is O=C1CCN(c2ccc3c(c2)C(O)N(C2CCC(=O)NC2=O)C3)CC1. The number of hydrogen-bond donors (Lipinski definition) is 2. The summed E-state index contributed by atoms with van der Waals surface area (Å²) in [4.78, 5) is 38.8. The number of Topliss-reactive ketones (excluding diaryl/α,β-unsaturated/α-hetero) is 1. The first-order valence-corrected chi connectivity index (χ1v) is 8.70. The van der Waals surface area contributed by atoms with E-state index in [1.54, 1.807) is 4.90 Å². The van der Waals surface area contributed by atoms with Crippen LogP contribution in [-0.2, 0) is 20.9 Å². The first kappa shape index (κ1) is 16.2. The Morgan fingerprint density at radius 2 is 1.84 bits per heavy atom. The number of hydrogen-bond acceptors (Lipinski definition) is 6. The molecule has 2 saturated heterocycles. The van der Waals surface area contributed by atoms with Crippen molar-refractivity contribution in [1.29, 1.82) is 0 Å². The van der Waals surface area contributed by atoms with E-state index < -0.39 is 12.3 Å². The fourth-order valence-electron chi connectivity index (χ4n) is 3.92. The molecule has 7 nitrogen and oxygen atoms in total. The van der Waals surface area contributed by atoms with Crippen LogP contribution in [-0.4, -0.2) is 46.7 Å². The number of benzene rings is 1. The Hall–Kier alpha value is -2.25. The highest BCUT2D eigenvalue weighted by atomic mass is 16.3. The zero-order chi connectivity index (χ0) is 17.6. The monoisotopic (exact) mass is 343 g/mol. The van der Waals surface area contributed by atoms with E-state index >= 15 is 0 Å². The van der Waals surface area contributed by atoms with Crippen LogP contribution in [0.25, 0.3) is 0 Å². The lowest BCUT2D eigenvalue weighted by molar-refractivity contribution is -0.141. The van der Waals surface area contributed by atoms with Crippen molar-refractivity contribution in [2.24, 2.45) is 0 Å². The number of piperidine rings is 2. The Bertz CT molecular complexity index is 738. The van der Waals surface area contributed by atoms with E-state index in [-0.39, 0.29) is 11.8 Å². The number of carbonyl (C=O) groups excluding carboxylic acids is 3. The van der Waals surface area contributed by atoms with Crippen LogP contribution in [0.15, 0.2) is 18.2 Å². The normalized spacial score (nSPS) is 27.4. The zero-order valence-corrected chi connectivity index (χ0v) is 13.9. The Balaban J connectivity index is 1.53. The molecule has 2 atom stereocenters. The van der Waals surface area contributed by atoms with Gasteiger partial charge in [-0.2, -0.15) is 0 Å². The van der Waals surface area contributed by atoms with Gasteiger partial charge in [-0.15, -0.1) is 0 Å². The number of amides is 2. The van der Waals surface area contributed by atoms with E-state index in [9.17, 15) is 19.5 Å². The van der Waals surface area contributed by atoms with Gasteiger partial charge in [-0.1, -0.05) is 6.07 Å². The molecule has 3 heterocycles. The average Bonchev–Trinajstić information content (AvgIpc) is 2.92. The molecule has 132 valence electrons. The maximum Gasteiger partial charge on any atom is 0.244 e. The number of nitrogens with zero attached hydrogens (tertiary/aromatic N) is 2. The van der Waals surface area contributed by atoms with E-state index in [1.807, 2.05) is 18.2 Å². The number of ketones is 1. The molecule has 0 radical (unpaired) electrons. The van der Waals surface area contributed by atoms with Crippen molar-refractivity contribution in [3.63, 3.8) is 0 Å². The van der Waals surface area contributed by atoms with Gasteiger partial charge in [0.2, 0.25) is 11.8 Å². The number of nitrogens with one attached hydrogen (secondary N) is 1. The molecule has 0 bridgehead atoms. The van der Waals surface area contributed by atoms with Crippen LogP contribution >= 0.6 is 0 Å². The van der Waals surface area contributed by atoms with Gasteiger partial charge in [-0.25, -0.2) is 0 Å². The summed E-state index contributed by atoms with van der Waals surface area (Å²) in [6.07, 6.45) is 0.981. The third-order valence-corrected chi connectivity index (χ3v) is 5.37. The minimum absolute atomic E-state index is 0.255. The minimum Gasteiger partial charge on any atom is -0.374 e. The predicted molar refractivity (Wildman–Crippen MR) is 89.6 cm³/mol. The second-order valence-corrected chi connectivity index (χ2v) is 6.92. The lowest BCUT2D eigenvalue weighted by atomic mass is 10.0. The highest BCUT2D eigenvalue weighted by Gasteiger charge is 2.39. The van der Waals surface area contributed by atoms with Gasteiger partial charge in [0.15, 0.2) is 0 Å². The minimum atomic E-state index is -0.856. The van der Waals surface area contributed by atoms with Gasteiger partial charge < -0.3 is 10.0 Å². The Labute approximate surface area is 145 Å². The molecule has 2 fully saturated rings. The summed E-state index contributed by atoms with van der Waals surface area (Å²) in [5, 5.41) is 13.1. The number of rotatable bonds is 2. The van der Waals surface area contributed by atoms with Crippen LogP contribution in [0, 0.1) is 0 Å². The average molecular weight is 343 g/mol. The summed E-state index contributed by atoms with van der Waals surface area (Å²) in [5.41, 5.74) is 2.79. The second kappa shape index (κ2) is 6.24. The van der Waals surface area contributed by atoms with Gasteiger partial charge in [0.1, 0.15) is 12.0 Å². The van der Waals surface area contributed by atoms with Crippen molar-refractivity contribution in [3.8, 4) is 0 Å². The number of anilines is 1. The van der Waals surface area contributed by atoms with E-state index in [0.717, 1.165) is 16.8 Å². The molecule has 1 aromatic carbocycles. The summed E-state index contributed by atoms with van der Waals surface area (Å²) in [6, 6.07) is 5.46. The first-order valence-electron chi connectivity index (χ1n) is 8.70. The molecule has 2 N–H and O–H groups in total. The van der Waals surface area contributed by atoms with Crippen LogP contribution < -0.4 is 10.2 Å². The first-order chi connectivity index (χ1) is 12.0. The van der Waals surface area contributed by atoms with Gasteiger partial charge in [0.05, 0.1) is 6.04 Å². The van der Waals surface area contributed by atoms with Crippen molar-refractivity contribution in [3.05, 3.63) is 29.3 Å². The number of fused-ring (bicyclic) bond motifs is 1. The third-order valence-electron chi connectivity index (χ3n) is 5.37. The molecule has 0 aromatic heterocycles. The smallest absolute Gasteiger partial charge is 0.244 e. The summed E-state index contributed by atoms with van der Waals surface area (Å²) in [6.45, 7) is 1.89. The third kappa shape index (κ3) is 2.94. The van der Waals surface area contributed by atoms with Crippen molar-refractivity contribution in [2.75, 3.05) is 18.0 Å². The number of imide groups is 1. The molecule has 25 heavy (non-hydrogen) atoms. The molecular formula is C18H21N3O4. The van der Waals surface area contributed by atoms with Crippen molar-refractivity contribution >= 4 is 23.3 Å². The molecule has 2 unspecified atom stereocenters. The molecule has 3 aliphatic heterocycles. The molecule has 2 amide bonds. The fraction of sp³-hybridized carbons (Fsp3) is 0.500. The quantitative estimate of drug-likeness (QED) is 0.759. The lowest BCUT2D eigenvalue weighted by Gasteiger charge is -2.32. The van der Waals surface area contributed by atoms with E-state index in [2.05, 4.69) is 10.2 Å². The summed E-state index contributed by atoms with van der Waals surface area (Å²) in [5.74, 6) is -0.297. The Morgan fingerprint density at radius 1 is 1.08 bits per heavy atom. The molecule has 4 rings (SSSR count). The van der Waals surface area contributed by atoms with Crippen LogP contribution in [0.3, 0.4) is 0 Å². The molecule has 0 saturated carbocycles. The maximum absolute atomic E-state index is 12.1. The summed E-state index contributed by atoms with van der Waals surface area (Å²) in [7, 11) is 0. The van der Waals surface area contributed by atoms with Crippen LogP contribution in [0.1, 0.15) is 43.0 Å². The standard InChI is InChI=1S/C18H21N3O4/c22-13-5-7-20(8-6-13)12-2-1-11-10-21(18(25)14(11)9-12)15-3-4-16(23)19-17(15)24/h1-2,9,15,18,25H,3-8,10H2,(H,19,23,24). The van der Waals surface area contributed by atoms with Gasteiger partial charge >= 0.3 is 0 Å². The van der Waals surface area contributed by atoms with Gasteiger partial charge in [-0.05, 0) is 24.1 Å². The number of aliphatic hydroxyl groups excluding tert-OH is 1. The van der Waals surface area contributed by atoms with Gasteiger partial charge in [-0.3, -0.25) is 24.6 Å². The topological polar surface area (TPSA) is 90.0 Å². The van der Waals surface area contributed by atoms with E-state index in [0.29, 0.717) is 51.1 Å². The summed E-state index contributed by atoms with van der Waals surface area (Å²) >= 11 is 0. The molecule has 3 aliphatic rings.